The van der Waals surface area contributed by atoms with Crippen molar-refractivity contribution in [2.45, 2.75) is 64.2 Å². The number of halogens is 5. The molecule has 0 aromatic heterocycles. The number of alkyl halides is 5. The van der Waals surface area contributed by atoms with Gasteiger partial charge in [-0.05, 0) is 62.6 Å². The summed E-state index contributed by atoms with van der Waals surface area (Å²) >= 11 is 0. The Labute approximate surface area is 230 Å². The van der Waals surface area contributed by atoms with E-state index in [1.165, 1.54) is 17.0 Å². The van der Waals surface area contributed by atoms with Gasteiger partial charge in [0.05, 0.1) is 12.1 Å². The van der Waals surface area contributed by atoms with Crippen LogP contribution in [0.4, 0.5) is 32.4 Å². The molecular weight excluding hydrogens is 539 g/mol. The Morgan fingerprint density at radius 2 is 1.70 bits per heavy atom. The minimum atomic E-state index is -4.57. The van der Waals surface area contributed by atoms with E-state index in [1.54, 1.807) is 31.2 Å². The fraction of sp³-hybridized carbons (Fsp3) is 0.500. The topological polar surface area (TPSA) is 88.1 Å². The lowest BCUT2D eigenvalue weighted by atomic mass is 10.1. The summed E-state index contributed by atoms with van der Waals surface area (Å²) in [6.07, 6.45) is -4.51. The van der Waals surface area contributed by atoms with Crippen LogP contribution < -0.4 is 10.1 Å². The van der Waals surface area contributed by atoms with E-state index in [-0.39, 0.29) is 51.3 Å². The molecule has 1 atom stereocenters. The van der Waals surface area contributed by atoms with Crippen molar-refractivity contribution in [3.05, 3.63) is 59.7 Å². The molecule has 0 saturated carbocycles. The number of carboxylic acids is 1. The number of hydrogen-bond acceptors (Lipinski definition) is 4. The summed E-state index contributed by atoms with van der Waals surface area (Å²) in [7, 11) is 0. The van der Waals surface area contributed by atoms with Gasteiger partial charge in [0.2, 0.25) is 5.92 Å². The minimum absolute atomic E-state index is 0.0290. The van der Waals surface area contributed by atoms with E-state index in [0.717, 1.165) is 24.6 Å². The first-order valence-electron chi connectivity index (χ1n) is 13.0. The van der Waals surface area contributed by atoms with E-state index in [4.69, 9.17) is 9.47 Å². The molecule has 0 heterocycles. The molecule has 0 aliphatic heterocycles. The second-order valence-electron chi connectivity index (χ2n) is 9.36. The van der Waals surface area contributed by atoms with E-state index in [9.17, 15) is 36.6 Å². The molecule has 222 valence electrons. The minimum Gasteiger partial charge on any atom is -0.492 e. The first kappa shape index (κ1) is 32.8. The third-order valence-electron chi connectivity index (χ3n) is 5.89. The predicted molar refractivity (Wildman–Crippen MR) is 140 cm³/mol. The molecule has 2 amide bonds. The molecule has 12 heteroatoms. The predicted octanol–water partition coefficient (Wildman–Crippen LogP) is 6.87. The van der Waals surface area contributed by atoms with Crippen molar-refractivity contribution in [3.8, 4) is 5.75 Å². The fourth-order valence-electron chi connectivity index (χ4n) is 3.83. The number of amides is 2. The summed E-state index contributed by atoms with van der Waals surface area (Å²) in [6.45, 7) is 3.15. The highest BCUT2D eigenvalue weighted by Gasteiger charge is 2.30. The van der Waals surface area contributed by atoms with Gasteiger partial charge in [0.15, 0.2) is 6.10 Å². The molecule has 0 fully saturated rings. The average molecular weight is 575 g/mol. The number of rotatable bonds is 16. The Morgan fingerprint density at radius 1 is 1.00 bits per heavy atom. The van der Waals surface area contributed by atoms with Gasteiger partial charge in [-0.3, -0.25) is 0 Å². The molecule has 0 bridgehead atoms. The van der Waals surface area contributed by atoms with E-state index < -0.39 is 35.8 Å². The molecule has 0 aliphatic rings. The Hall–Kier alpha value is -3.41. The van der Waals surface area contributed by atoms with Crippen LogP contribution in [-0.2, 0) is 22.1 Å². The number of aliphatic carboxylic acids is 1. The number of carbonyl (C=O) groups excluding carboxylic acids is 1. The number of nitrogens with one attached hydrogen (secondary N) is 1. The molecule has 0 saturated heterocycles. The lowest BCUT2D eigenvalue weighted by Crippen LogP contribution is -2.38. The highest BCUT2D eigenvalue weighted by molar-refractivity contribution is 5.89. The largest absolute Gasteiger partial charge is 0.492 e. The van der Waals surface area contributed by atoms with Crippen LogP contribution in [0.1, 0.15) is 50.7 Å². The number of unbranched alkanes of at least 4 members (excludes halogenated alkanes) is 2. The van der Waals surface area contributed by atoms with Gasteiger partial charge in [-0.15, -0.1) is 0 Å². The number of benzene rings is 2. The number of carboxylic acid groups (broad SMARTS) is 1. The Kier molecular flexibility index (Phi) is 12.6. The number of carbonyl (C=O) groups is 2. The number of anilines is 1. The van der Waals surface area contributed by atoms with Crippen molar-refractivity contribution in [3.63, 3.8) is 0 Å². The van der Waals surface area contributed by atoms with Crippen LogP contribution in [0.2, 0.25) is 0 Å². The maximum atomic E-state index is 13.1. The maximum absolute atomic E-state index is 13.1. The van der Waals surface area contributed by atoms with Gasteiger partial charge in [0, 0.05) is 31.7 Å². The smallest absolute Gasteiger partial charge is 0.416 e. The zero-order chi connectivity index (χ0) is 29.8. The fourth-order valence-corrected chi connectivity index (χ4v) is 3.83. The second-order valence-corrected chi connectivity index (χ2v) is 9.36. The summed E-state index contributed by atoms with van der Waals surface area (Å²) in [5.74, 6) is -3.37. The van der Waals surface area contributed by atoms with Crippen LogP contribution in [0.5, 0.6) is 5.75 Å². The molecule has 40 heavy (non-hydrogen) atoms. The first-order valence-corrected chi connectivity index (χ1v) is 13.0. The molecule has 0 spiro atoms. The van der Waals surface area contributed by atoms with Crippen molar-refractivity contribution in [1.29, 1.82) is 0 Å². The van der Waals surface area contributed by atoms with Crippen LogP contribution in [0.15, 0.2) is 48.5 Å². The van der Waals surface area contributed by atoms with Gasteiger partial charge >= 0.3 is 18.2 Å². The molecule has 2 rings (SSSR count). The zero-order valence-corrected chi connectivity index (χ0v) is 22.5. The van der Waals surface area contributed by atoms with Gasteiger partial charge in [0.1, 0.15) is 12.4 Å². The van der Waals surface area contributed by atoms with Crippen molar-refractivity contribution < 1.29 is 46.1 Å². The standard InChI is InChI=1S/C28H35F5N2O5/c1-3-39-24(25(36)37)18-20-10-12-23(13-11-20)40-17-16-35(15-6-4-5-14-27(2,29)30)26(38)34-22-9-7-8-21(19-22)28(31,32)33/h7-13,19,24H,3-6,14-18H2,1-2H3,(H,34,38)(H,36,37). The van der Waals surface area contributed by atoms with E-state index in [1.807, 2.05) is 0 Å². The monoisotopic (exact) mass is 574 g/mol. The molecular formula is C28H35F5N2O5. The lowest BCUT2D eigenvalue weighted by Gasteiger charge is -2.24. The van der Waals surface area contributed by atoms with Crippen LogP contribution in [0, 0.1) is 0 Å². The first-order chi connectivity index (χ1) is 18.8. The quantitative estimate of drug-likeness (QED) is 0.169. The van der Waals surface area contributed by atoms with Crippen molar-refractivity contribution in [2.75, 3.05) is 31.6 Å². The number of urea groups is 1. The molecule has 1 unspecified atom stereocenters. The van der Waals surface area contributed by atoms with Gasteiger partial charge in [-0.2, -0.15) is 13.2 Å². The van der Waals surface area contributed by atoms with Gasteiger partial charge in [-0.25, -0.2) is 18.4 Å². The number of nitrogens with zero attached hydrogens (tertiary/aromatic N) is 1. The molecule has 2 aromatic rings. The Morgan fingerprint density at radius 3 is 2.30 bits per heavy atom. The summed E-state index contributed by atoms with van der Waals surface area (Å²) < 4.78 is 76.2. The summed E-state index contributed by atoms with van der Waals surface area (Å²) in [4.78, 5) is 25.5. The Balaban J connectivity index is 1.98. The van der Waals surface area contributed by atoms with E-state index in [0.29, 0.717) is 18.6 Å². The van der Waals surface area contributed by atoms with Crippen LogP contribution in [0.25, 0.3) is 0 Å². The molecule has 7 nitrogen and oxygen atoms in total. The molecule has 2 N–H and O–H groups in total. The van der Waals surface area contributed by atoms with Crippen LogP contribution in [0.3, 0.4) is 0 Å². The zero-order valence-electron chi connectivity index (χ0n) is 22.5. The maximum Gasteiger partial charge on any atom is 0.416 e. The van der Waals surface area contributed by atoms with Crippen molar-refractivity contribution >= 4 is 17.7 Å². The van der Waals surface area contributed by atoms with Crippen molar-refractivity contribution in [1.82, 2.24) is 4.90 Å². The Bertz CT molecular complexity index is 1070. The van der Waals surface area contributed by atoms with Crippen LogP contribution >= 0.6 is 0 Å². The summed E-state index contributed by atoms with van der Waals surface area (Å²) in [5, 5.41) is 11.7. The second kappa shape index (κ2) is 15.4. The molecule has 0 radical (unpaired) electrons. The van der Waals surface area contributed by atoms with E-state index in [2.05, 4.69) is 5.32 Å². The average Bonchev–Trinajstić information content (AvgIpc) is 2.87. The number of ether oxygens (including phenoxy) is 2. The van der Waals surface area contributed by atoms with Crippen molar-refractivity contribution in [2.24, 2.45) is 0 Å². The van der Waals surface area contributed by atoms with Gasteiger partial charge in [0.25, 0.3) is 0 Å². The highest BCUT2D eigenvalue weighted by atomic mass is 19.4. The molecule has 0 aliphatic carbocycles. The number of hydrogen-bond donors (Lipinski definition) is 2. The van der Waals surface area contributed by atoms with Gasteiger partial charge in [-0.1, -0.05) is 24.6 Å². The summed E-state index contributed by atoms with van der Waals surface area (Å²) in [6, 6.07) is 10.3. The lowest BCUT2D eigenvalue weighted by molar-refractivity contribution is -0.150. The van der Waals surface area contributed by atoms with Crippen LogP contribution in [-0.4, -0.2) is 60.3 Å². The third kappa shape index (κ3) is 12.2. The molecule has 2 aromatic carbocycles. The van der Waals surface area contributed by atoms with E-state index >= 15 is 0 Å². The van der Waals surface area contributed by atoms with Gasteiger partial charge < -0.3 is 24.8 Å². The SMILES string of the molecule is CCOC(Cc1ccc(OCCN(CCCCCC(C)(F)F)C(=O)Nc2cccc(C(F)(F)F)c2)cc1)C(=O)O. The highest BCUT2D eigenvalue weighted by Crippen LogP contribution is 2.30. The normalized spacial score (nSPS) is 12.6. The summed E-state index contributed by atoms with van der Waals surface area (Å²) in [5.41, 5.74) is -0.202. The third-order valence-corrected chi connectivity index (χ3v) is 5.89.